The molecule has 2 fully saturated rings. The highest BCUT2D eigenvalue weighted by Crippen LogP contribution is 2.17. The van der Waals surface area contributed by atoms with E-state index in [4.69, 9.17) is 0 Å². The normalized spacial score (nSPS) is 24.0. The fraction of sp³-hybridized carbons (Fsp3) is 1.00. The van der Waals surface area contributed by atoms with Crippen molar-refractivity contribution < 1.29 is 0 Å². The first kappa shape index (κ1) is 14.3. The van der Waals surface area contributed by atoms with Crippen molar-refractivity contribution in [3.8, 4) is 0 Å². The molecule has 1 saturated heterocycles. The molecule has 0 radical (unpaired) electrons. The van der Waals surface area contributed by atoms with Crippen LogP contribution < -0.4 is 10.6 Å². The molecule has 2 rings (SSSR count). The molecule has 0 unspecified atom stereocenters. The lowest BCUT2D eigenvalue weighted by atomic mass is 10.1. The van der Waals surface area contributed by atoms with Crippen molar-refractivity contribution in [2.75, 3.05) is 39.3 Å². The van der Waals surface area contributed by atoms with Gasteiger partial charge in [-0.25, -0.2) is 0 Å². The van der Waals surface area contributed by atoms with Gasteiger partial charge in [-0.3, -0.25) is 0 Å². The summed E-state index contributed by atoms with van der Waals surface area (Å²) >= 11 is 0. The SMILES string of the molecule is C1CCCC(NCCCCN2CCNCC2)CC1. The number of hydrogen-bond donors (Lipinski definition) is 2. The molecular formula is C15H31N3. The quantitative estimate of drug-likeness (QED) is 0.560. The van der Waals surface area contributed by atoms with Gasteiger partial charge in [-0.05, 0) is 38.8 Å². The van der Waals surface area contributed by atoms with E-state index < -0.39 is 0 Å². The van der Waals surface area contributed by atoms with Crippen molar-refractivity contribution in [1.82, 2.24) is 15.5 Å². The molecule has 1 aliphatic carbocycles. The summed E-state index contributed by atoms with van der Waals surface area (Å²) in [5, 5.41) is 7.18. The van der Waals surface area contributed by atoms with Gasteiger partial charge in [0.15, 0.2) is 0 Å². The van der Waals surface area contributed by atoms with Gasteiger partial charge in [-0.2, -0.15) is 0 Å². The van der Waals surface area contributed by atoms with Gasteiger partial charge in [-0.1, -0.05) is 25.7 Å². The molecule has 2 aliphatic rings. The number of piperazine rings is 1. The zero-order valence-corrected chi connectivity index (χ0v) is 11.9. The maximum absolute atomic E-state index is 3.77. The fourth-order valence-electron chi connectivity index (χ4n) is 3.18. The lowest BCUT2D eigenvalue weighted by molar-refractivity contribution is 0.236. The molecule has 0 bridgehead atoms. The van der Waals surface area contributed by atoms with Crippen LogP contribution in [0.1, 0.15) is 51.4 Å². The number of unbranched alkanes of at least 4 members (excludes halogenated alkanes) is 1. The van der Waals surface area contributed by atoms with Gasteiger partial charge < -0.3 is 15.5 Å². The van der Waals surface area contributed by atoms with Crippen LogP contribution in [0.2, 0.25) is 0 Å². The van der Waals surface area contributed by atoms with Crippen molar-refractivity contribution in [1.29, 1.82) is 0 Å². The zero-order valence-electron chi connectivity index (χ0n) is 11.9. The van der Waals surface area contributed by atoms with Gasteiger partial charge >= 0.3 is 0 Å². The third-order valence-electron chi connectivity index (χ3n) is 4.40. The third-order valence-corrected chi connectivity index (χ3v) is 4.40. The van der Waals surface area contributed by atoms with E-state index in [0.717, 1.165) is 6.04 Å². The summed E-state index contributed by atoms with van der Waals surface area (Å²) in [6.45, 7) is 7.39. The van der Waals surface area contributed by atoms with Crippen molar-refractivity contribution in [3.05, 3.63) is 0 Å². The van der Waals surface area contributed by atoms with Crippen molar-refractivity contribution in [2.24, 2.45) is 0 Å². The smallest absolute Gasteiger partial charge is 0.0107 e. The van der Waals surface area contributed by atoms with Gasteiger partial charge in [0.2, 0.25) is 0 Å². The first-order chi connectivity index (χ1) is 8.95. The average Bonchev–Trinajstić information content (AvgIpc) is 2.68. The monoisotopic (exact) mass is 253 g/mol. The molecule has 1 heterocycles. The molecule has 1 saturated carbocycles. The standard InChI is InChI=1S/C15H31N3/c1-2-4-8-15(7-3-1)17-9-5-6-12-18-13-10-16-11-14-18/h15-17H,1-14H2. The Morgan fingerprint density at radius 2 is 1.67 bits per heavy atom. The van der Waals surface area contributed by atoms with Gasteiger partial charge in [-0.15, -0.1) is 0 Å². The van der Waals surface area contributed by atoms with Crippen molar-refractivity contribution >= 4 is 0 Å². The molecule has 2 N–H and O–H groups in total. The summed E-state index contributed by atoms with van der Waals surface area (Å²) in [6.07, 6.45) is 11.3. The second-order valence-electron chi connectivity index (χ2n) is 5.94. The molecule has 0 spiro atoms. The van der Waals surface area contributed by atoms with E-state index in [0.29, 0.717) is 0 Å². The summed E-state index contributed by atoms with van der Waals surface area (Å²) in [6, 6.07) is 0.826. The first-order valence-electron chi connectivity index (χ1n) is 8.11. The molecular weight excluding hydrogens is 222 g/mol. The van der Waals surface area contributed by atoms with Crippen LogP contribution in [-0.2, 0) is 0 Å². The number of hydrogen-bond acceptors (Lipinski definition) is 3. The number of nitrogens with one attached hydrogen (secondary N) is 2. The second-order valence-corrected chi connectivity index (χ2v) is 5.94. The van der Waals surface area contributed by atoms with Crippen LogP contribution in [-0.4, -0.2) is 50.2 Å². The molecule has 0 aromatic rings. The molecule has 18 heavy (non-hydrogen) atoms. The van der Waals surface area contributed by atoms with Gasteiger partial charge in [0.25, 0.3) is 0 Å². The Bertz CT molecular complexity index is 194. The second kappa shape index (κ2) is 8.89. The Morgan fingerprint density at radius 3 is 2.39 bits per heavy atom. The van der Waals surface area contributed by atoms with Crippen LogP contribution in [0.3, 0.4) is 0 Å². The van der Waals surface area contributed by atoms with Crippen LogP contribution in [0.15, 0.2) is 0 Å². The first-order valence-corrected chi connectivity index (χ1v) is 8.11. The topological polar surface area (TPSA) is 27.3 Å². The highest BCUT2D eigenvalue weighted by Gasteiger charge is 2.11. The largest absolute Gasteiger partial charge is 0.314 e. The van der Waals surface area contributed by atoms with E-state index in [2.05, 4.69) is 15.5 Å². The van der Waals surface area contributed by atoms with E-state index in [1.165, 1.54) is 90.6 Å². The number of nitrogens with zero attached hydrogens (tertiary/aromatic N) is 1. The molecule has 1 aliphatic heterocycles. The molecule has 3 nitrogen and oxygen atoms in total. The molecule has 0 aromatic carbocycles. The summed E-state index contributed by atoms with van der Waals surface area (Å²) in [5.74, 6) is 0. The van der Waals surface area contributed by atoms with E-state index in [-0.39, 0.29) is 0 Å². The van der Waals surface area contributed by atoms with Gasteiger partial charge in [0.05, 0.1) is 0 Å². The molecule has 3 heteroatoms. The van der Waals surface area contributed by atoms with Crippen molar-refractivity contribution in [2.45, 2.75) is 57.4 Å². The minimum absolute atomic E-state index is 0.826. The minimum Gasteiger partial charge on any atom is -0.314 e. The lowest BCUT2D eigenvalue weighted by Crippen LogP contribution is -2.43. The zero-order chi connectivity index (χ0) is 12.5. The maximum Gasteiger partial charge on any atom is 0.0107 e. The Balaban J connectivity index is 1.45. The van der Waals surface area contributed by atoms with Gasteiger partial charge in [0.1, 0.15) is 0 Å². The molecule has 0 aromatic heterocycles. The Labute approximate surface area is 113 Å². The van der Waals surface area contributed by atoms with Crippen LogP contribution in [0.5, 0.6) is 0 Å². The van der Waals surface area contributed by atoms with Crippen LogP contribution in [0, 0.1) is 0 Å². The third kappa shape index (κ3) is 5.68. The summed E-state index contributed by atoms with van der Waals surface area (Å²) in [5.41, 5.74) is 0. The average molecular weight is 253 g/mol. The predicted molar refractivity (Wildman–Crippen MR) is 78.0 cm³/mol. The Kier molecular flexibility index (Phi) is 7.06. The molecule has 0 amide bonds. The van der Waals surface area contributed by atoms with E-state index in [1.54, 1.807) is 0 Å². The number of rotatable bonds is 6. The minimum atomic E-state index is 0.826. The maximum atomic E-state index is 3.77. The lowest BCUT2D eigenvalue weighted by Gasteiger charge is -2.27. The van der Waals surface area contributed by atoms with Crippen molar-refractivity contribution in [3.63, 3.8) is 0 Å². The highest BCUT2D eigenvalue weighted by molar-refractivity contribution is 4.71. The predicted octanol–water partition coefficient (Wildman–Crippen LogP) is 1.98. The Morgan fingerprint density at radius 1 is 0.944 bits per heavy atom. The van der Waals surface area contributed by atoms with Crippen LogP contribution >= 0.6 is 0 Å². The highest BCUT2D eigenvalue weighted by atomic mass is 15.2. The fourth-order valence-corrected chi connectivity index (χ4v) is 3.18. The summed E-state index contributed by atoms with van der Waals surface area (Å²) < 4.78 is 0. The molecule has 0 atom stereocenters. The molecule has 106 valence electrons. The van der Waals surface area contributed by atoms with E-state index in [9.17, 15) is 0 Å². The summed E-state index contributed by atoms with van der Waals surface area (Å²) in [4.78, 5) is 2.60. The van der Waals surface area contributed by atoms with Crippen LogP contribution in [0.4, 0.5) is 0 Å². The Hall–Kier alpha value is -0.120. The van der Waals surface area contributed by atoms with Gasteiger partial charge in [0, 0.05) is 32.2 Å². The van der Waals surface area contributed by atoms with E-state index in [1.807, 2.05) is 0 Å². The van der Waals surface area contributed by atoms with Crippen LogP contribution in [0.25, 0.3) is 0 Å². The van der Waals surface area contributed by atoms with E-state index >= 15 is 0 Å². The summed E-state index contributed by atoms with van der Waals surface area (Å²) in [7, 11) is 0.